The third-order valence-electron chi connectivity index (χ3n) is 3.08. The molecule has 2 unspecified atom stereocenters. The summed E-state index contributed by atoms with van der Waals surface area (Å²) in [5.74, 6) is 0.549. The number of nitrogens with zero attached hydrogens (tertiary/aromatic N) is 1. The average molecular weight is 248 g/mol. The summed E-state index contributed by atoms with van der Waals surface area (Å²) in [6.07, 6.45) is 2.74. The summed E-state index contributed by atoms with van der Waals surface area (Å²) in [5.41, 5.74) is 0. The van der Waals surface area contributed by atoms with Crippen LogP contribution in [-0.4, -0.2) is 55.2 Å². The van der Waals surface area contributed by atoms with E-state index in [2.05, 4.69) is 0 Å². The predicted octanol–water partition coefficient (Wildman–Crippen LogP) is 1.02. The Kier molecular flexibility index (Phi) is 4.44. The monoisotopic (exact) mass is 247 g/mol. The van der Waals surface area contributed by atoms with E-state index in [4.69, 9.17) is 21.1 Å². The summed E-state index contributed by atoms with van der Waals surface area (Å²) in [6.45, 7) is 2.55. The Bertz CT molecular complexity index is 243. The van der Waals surface area contributed by atoms with Gasteiger partial charge in [0.05, 0.1) is 18.6 Å². The van der Waals surface area contributed by atoms with Crippen LogP contribution in [0.1, 0.15) is 19.3 Å². The van der Waals surface area contributed by atoms with Gasteiger partial charge >= 0.3 is 0 Å². The Morgan fingerprint density at radius 2 is 2.19 bits per heavy atom. The Hall–Kier alpha value is -0.320. The van der Waals surface area contributed by atoms with Gasteiger partial charge in [0.15, 0.2) is 0 Å². The number of ether oxygens (including phenoxy) is 2. The molecule has 2 rings (SSSR count). The highest BCUT2D eigenvalue weighted by Crippen LogP contribution is 2.17. The third-order valence-corrected chi connectivity index (χ3v) is 3.42. The van der Waals surface area contributed by atoms with Gasteiger partial charge < -0.3 is 14.4 Å². The van der Waals surface area contributed by atoms with Gasteiger partial charge in [-0.2, -0.15) is 0 Å². The molecule has 2 saturated heterocycles. The molecular weight excluding hydrogens is 230 g/mol. The fourth-order valence-corrected chi connectivity index (χ4v) is 2.34. The quantitative estimate of drug-likeness (QED) is 0.684. The standard InChI is InChI=1S/C11H18ClNO3/c12-7-9-8-13(4-6-15-9)11(14)10-3-1-2-5-16-10/h9-10H,1-8H2. The maximum atomic E-state index is 12.1. The number of carbonyl (C=O) groups is 1. The lowest BCUT2D eigenvalue weighted by Crippen LogP contribution is -2.50. The van der Waals surface area contributed by atoms with Crippen LogP contribution in [0.3, 0.4) is 0 Å². The molecule has 92 valence electrons. The van der Waals surface area contributed by atoms with E-state index >= 15 is 0 Å². The lowest BCUT2D eigenvalue weighted by Gasteiger charge is -2.35. The van der Waals surface area contributed by atoms with Crippen molar-refractivity contribution in [3.8, 4) is 0 Å². The van der Waals surface area contributed by atoms with Crippen molar-refractivity contribution < 1.29 is 14.3 Å². The minimum atomic E-state index is -0.233. The molecule has 16 heavy (non-hydrogen) atoms. The van der Waals surface area contributed by atoms with E-state index in [0.717, 1.165) is 19.3 Å². The van der Waals surface area contributed by atoms with Crippen LogP contribution in [0.2, 0.25) is 0 Å². The number of rotatable bonds is 2. The molecule has 0 aromatic heterocycles. The molecule has 0 radical (unpaired) electrons. The minimum absolute atomic E-state index is 0.0250. The molecule has 1 amide bonds. The predicted molar refractivity (Wildman–Crippen MR) is 60.6 cm³/mol. The van der Waals surface area contributed by atoms with E-state index in [1.165, 1.54) is 0 Å². The van der Waals surface area contributed by atoms with Gasteiger partial charge in [0.25, 0.3) is 5.91 Å². The van der Waals surface area contributed by atoms with Gasteiger partial charge in [-0.3, -0.25) is 4.79 Å². The Morgan fingerprint density at radius 1 is 1.31 bits per heavy atom. The zero-order valence-corrected chi connectivity index (χ0v) is 10.1. The molecule has 0 saturated carbocycles. The lowest BCUT2D eigenvalue weighted by atomic mass is 10.1. The fraction of sp³-hybridized carbons (Fsp3) is 0.909. The number of hydrogen-bond donors (Lipinski definition) is 0. The molecule has 0 N–H and O–H groups in total. The van der Waals surface area contributed by atoms with Crippen molar-refractivity contribution in [2.75, 3.05) is 32.2 Å². The number of hydrogen-bond acceptors (Lipinski definition) is 3. The molecule has 0 bridgehead atoms. The van der Waals surface area contributed by atoms with Crippen molar-refractivity contribution in [2.45, 2.75) is 31.5 Å². The molecule has 4 nitrogen and oxygen atoms in total. The van der Waals surface area contributed by atoms with E-state index in [1.807, 2.05) is 4.90 Å². The maximum Gasteiger partial charge on any atom is 0.251 e. The summed E-state index contributed by atoms with van der Waals surface area (Å²) in [7, 11) is 0. The van der Waals surface area contributed by atoms with Gasteiger partial charge in [-0.05, 0) is 19.3 Å². The Balaban J connectivity index is 1.87. The number of amides is 1. The highest BCUT2D eigenvalue weighted by atomic mass is 35.5. The summed E-state index contributed by atoms with van der Waals surface area (Å²) in [6, 6.07) is 0. The molecule has 2 fully saturated rings. The number of halogens is 1. The van der Waals surface area contributed by atoms with Gasteiger partial charge in [0.2, 0.25) is 0 Å². The van der Waals surface area contributed by atoms with E-state index in [1.54, 1.807) is 0 Å². The highest BCUT2D eigenvalue weighted by Gasteiger charge is 2.30. The molecule has 0 aromatic rings. The average Bonchev–Trinajstić information content (AvgIpc) is 2.39. The van der Waals surface area contributed by atoms with Crippen molar-refractivity contribution in [3.63, 3.8) is 0 Å². The van der Waals surface area contributed by atoms with Gasteiger partial charge in [0.1, 0.15) is 6.10 Å². The summed E-state index contributed by atoms with van der Waals surface area (Å²) < 4.78 is 10.9. The van der Waals surface area contributed by atoms with Crippen molar-refractivity contribution in [1.82, 2.24) is 4.90 Å². The summed E-state index contributed by atoms with van der Waals surface area (Å²) in [5, 5.41) is 0. The molecule has 2 atom stereocenters. The Morgan fingerprint density at radius 3 is 2.88 bits per heavy atom. The van der Waals surface area contributed by atoms with Gasteiger partial charge in [-0.15, -0.1) is 11.6 Å². The third kappa shape index (κ3) is 2.87. The van der Waals surface area contributed by atoms with Crippen molar-refractivity contribution in [3.05, 3.63) is 0 Å². The van der Waals surface area contributed by atoms with Crippen LogP contribution in [0.5, 0.6) is 0 Å². The normalized spacial score (nSPS) is 31.4. The van der Waals surface area contributed by atoms with E-state index in [9.17, 15) is 4.79 Å². The van der Waals surface area contributed by atoms with Crippen molar-refractivity contribution in [2.24, 2.45) is 0 Å². The van der Waals surface area contributed by atoms with Crippen LogP contribution in [-0.2, 0) is 14.3 Å². The van der Waals surface area contributed by atoms with Crippen LogP contribution in [0.15, 0.2) is 0 Å². The summed E-state index contributed by atoms with van der Waals surface area (Å²) >= 11 is 5.74. The Labute approximate surface area is 101 Å². The first kappa shape index (κ1) is 12.1. The molecule has 0 spiro atoms. The van der Waals surface area contributed by atoms with Gasteiger partial charge in [-0.1, -0.05) is 0 Å². The van der Waals surface area contributed by atoms with Crippen LogP contribution in [0.25, 0.3) is 0 Å². The van der Waals surface area contributed by atoms with Crippen molar-refractivity contribution >= 4 is 17.5 Å². The SMILES string of the molecule is O=C(C1CCCCO1)N1CCOC(CCl)C1. The van der Waals surface area contributed by atoms with Gasteiger partial charge in [0, 0.05) is 19.7 Å². The maximum absolute atomic E-state index is 12.1. The van der Waals surface area contributed by atoms with Crippen LogP contribution >= 0.6 is 11.6 Å². The highest BCUT2D eigenvalue weighted by molar-refractivity contribution is 6.18. The lowest BCUT2D eigenvalue weighted by molar-refractivity contribution is -0.153. The van der Waals surface area contributed by atoms with Crippen LogP contribution < -0.4 is 0 Å². The van der Waals surface area contributed by atoms with E-state index in [-0.39, 0.29) is 18.1 Å². The second-order valence-corrected chi connectivity index (χ2v) is 4.60. The van der Waals surface area contributed by atoms with Crippen LogP contribution in [0.4, 0.5) is 0 Å². The number of carbonyl (C=O) groups excluding carboxylic acids is 1. The minimum Gasteiger partial charge on any atom is -0.373 e. The molecular formula is C11H18ClNO3. The largest absolute Gasteiger partial charge is 0.373 e. The number of alkyl halides is 1. The number of morpholine rings is 1. The van der Waals surface area contributed by atoms with E-state index in [0.29, 0.717) is 32.2 Å². The topological polar surface area (TPSA) is 38.8 Å². The molecule has 0 aliphatic carbocycles. The van der Waals surface area contributed by atoms with Crippen LogP contribution in [0, 0.1) is 0 Å². The zero-order valence-electron chi connectivity index (χ0n) is 9.36. The van der Waals surface area contributed by atoms with Crippen molar-refractivity contribution in [1.29, 1.82) is 0 Å². The first-order chi connectivity index (χ1) is 7.81. The molecule has 2 aliphatic heterocycles. The molecule has 2 heterocycles. The smallest absolute Gasteiger partial charge is 0.251 e. The first-order valence-electron chi connectivity index (χ1n) is 5.89. The zero-order chi connectivity index (χ0) is 11.4. The second kappa shape index (κ2) is 5.84. The summed E-state index contributed by atoms with van der Waals surface area (Å²) in [4.78, 5) is 13.9. The fourth-order valence-electron chi connectivity index (χ4n) is 2.15. The molecule has 0 aromatic carbocycles. The molecule has 5 heteroatoms. The van der Waals surface area contributed by atoms with Gasteiger partial charge in [-0.25, -0.2) is 0 Å². The van der Waals surface area contributed by atoms with E-state index < -0.39 is 0 Å². The second-order valence-electron chi connectivity index (χ2n) is 4.29. The molecule has 2 aliphatic rings. The first-order valence-corrected chi connectivity index (χ1v) is 6.42.